The Kier molecular flexibility index (Phi) is 5.58. The normalized spacial score (nSPS) is 19.7. The van der Waals surface area contributed by atoms with Crippen LogP contribution in [-0.4, -0.2) is 46.9 Å². The Morgan fingerprint density at radius 3 is 2.67 bits per heavy atom. The van der Waals surface area contributed by atoms with Crippen LogP contribution >= 0.6 is 0 Å². The largest absolute Gasteiger partial charge is 0.491 e. The second kappa shape index (κ2) is 7.22. The maximum Gasteiger partial charge on any atom is 0.240 e. The molecule has 0 aliphatic carbocycles. The fraction of sp³-hybridized carbons (Fsp3) is 0.571. The Morgan fingerprint density at radius 1 is 1.38 bits per heavy atom. The lowest BCUT2D eigenvalue weighted by Crippen LogP contribution is -2.41. The molecule has 0 saturated carbocycles. The van der Waals surface area contributed by atoms with Crippen LogP contribution in [-0.2, 0) is 14.8 Å². The molecule has 7 heteroatoms. The van der Waals surface area contributed by atoms with E-state index in [4.69, 9.17) is 9.47 Å². The second-order valence-corrected chi connectivity index (χ2v) is 6.97. The minimum absolute atomic E-state index is 0.0322. The van der Waals surface area contributed by atoms with E-state index in [-0.39, 0.29) is 17.0 Å². The summed E-state index contributed by atoms with van der Waals surface area (Å²) in [5.41, 5.74) is 0. The van der Waals surface area contributed by atoms with E-state index in [1.165, 1.54) is 0 Å². The number of rotatable bonds is 6. The molecule has 1 aliphatic heterocycles. The van der Waals surface area contributed by atoms with Gasteiger partial charge in [0.15, 0.2) is 0 Å². The summed E-state index contributed by atoms with van der Waals surface area (Å²) in [5.74, 6) is 0.632. The Morgan fingerprint density at radius 2 is 2.10 bits per heavy atom. The Labute approximate surface area is 125 Å². The van der Waals surface area contributed by atoms with Crippen LogP contribution in [0.3, 0.4) is 0 Å². The predicted octanol–water partition coefficient (Wildman–Crippen LogP) is 0.741. The summed E-state index contributed by atoms with van der Waals surface area (Å²) in [5, 5.41) is 3.23. The molecular weight excluding hydrogens is 292 g/mol. The number of ether oxygens (including phenoxy) is 2. The molecule has 6 nitrogen and oxygen atoms in total. The molecule has 118 valence electrons. The van der Waals surface area contributed by atoms with Gasteiger partial charge in [0.25, 0.3) is 0 Å². The minimum Gasteiger partial charge on any atom is -0.491 e. The molecule has 1 saturated heterocycles. The highest BCUT2D eigenvalue weighted by Crippen LogP contribution is 2.16. The average molecular weight is 314 g/mol. The zero-order valence-corrected chi connectivity index (χ0v) is 13.2. The molecule has 0 radical (unpaired) electrons. The number of morpholine rings is 1. The molecule has 2 rings (SSSR count). The van der Waals surface area contributed by atoms with Gasteiger partial charge in [0.2, 0.25) is 10.0 Å². The highest BCUT2D eigenvalue weighted by Gasteiger charge is 2.16. The van der Waals surface area contributed by atoms with E-state index in [1.54, 1.807) is 38.1 Å². The van der Waals surface area contributed by atoms with Crippen LogP contribution in [0.15, 0.2) is 29.2 Å². The minimum atomic E-state index is -3.45. The van der Waals surface area contributed by atoms with Gasteiger partial charge in [-0.15, -0.1) is 0 Å². The first kappa shape index (κ1) is 16.2. The van der Waals surface area contributed by atoms with E-state index < -0.39 is 10.0 Å². The smallest absolute Gasteiger partial charge is 0.240 e. The summed E-state index contributed by atoms with van der Waals surface area (Å²) in [6.45, 7) is 6.34. The van der Waals surface area contributed by atoms with Crippen LogP contribution in [0.1, 0.15) is 13.8 Å². The molecule has 1 atom stereocenters. The maximum atomic E-state index is 12.0. The van der Waals surface area contributed by atoms with E-state index in [9.17, 15) is 8.42 Å². The number of benzene rings is 1. The maximum absolute atomic E-state index is 12.0. The lowest BCUT2D eigenvalue weighted by molar-refractivity contribution is 0.000184. The number of hydrogen-bond acceptors (Lipinski definition) is 5. The molecule has 1 fully saturated rings. The standard InChI is InChI=1S/C14H22N2O4S/c1-11(2)16-21(17,18)14-5-3-12(4-6-14)20-10-13-9-15-7-8-19-13/h3-6,11,13,15-16H,7-10H2,1-2H3. The summed E-state index contributed by atoms with van der Waals surface area (Å²) in [6.07, 6.45) is 0.0322. The van der Waals surface area contributed by atoms with Crippen molar-refractivity contribution in [3.05, 3.63) is 24.3 Å². The van der Waals surface area contributed by atoms with Crippen molar-refractivity contribution < 1.29 is 17.9 Å². The van der Waals surface area contributed by atoms with Crippen LogP contribution in [0, 0.1) is 0 Å². The third-order valence-corrected chi connectivity index (χ3v) is 4.64. The number of hydrogen-bond donors (Lipinski definition) is 2. The van der Waals surface area contributed by atoms with Crippen molar-refractivity contribution in [2.24, 2.45) is 0 Å². The monoisotopic (exact) mass is 314 g/mol. The summed E-state index contributed by atoms with van der Waals surface area (Å²) in [6, 6.07) is 6.26. The zero-order valence-electron chi connectivity index (χ0n) is 12.3. The van der Waals surface area contributed by atoms with Crippen molar-refractivity contribution in [3.63, 3.8) is 0 Å². The molecule has 0 spiro atoms. The lowest BCUT2D eigenvalue weighted by Gasteiger charge is -2.23. The van der Waals surface area contributed by atoms with Crippen molar-refractivity contribution in [2.75, 3.05) is 26.3 Å². The SMILES string of the molecule is CC(C)NS(=O)(=O)c1ccc(OCC2CNCCO2)cc1. The molecule has 0 aromatic heterocycles. The van der Waals surface area contributed by atoms with Gasteiger partial charge in [-0.25, -0.2) is 13.1 Å². The molecule has 2 N–H and O–H groups in total. The van der Waals surface area contributed by atoms with Crippen LogP contribution in [0.5, 0.6) is 5.75 Å². The van der Waals surface area contributed by atoms with Crippen LogP contribution in [0.25, 0.3) is 0 Å². The van der Waals surface area contributed by atoms with Gasteiger partial charge in [0.1, 0.15) is 18.5 Å². The highest BCUT2D eigenvalue weighted by molar-refractivity contribution is 7.89. The zero-order chi connectivity index (χ0) is 15.3. The van der Waals surface area contributed by atoms with Crippen LogP contribution < -0.4 is 14.8 Å². The van der Waals surface area contributed by atoms with Gasteiger partial charge in [-0.05, 0) is 38.1 Å². The van der Waals surface area contributed by atoms with Gasteiger partial charge in [-0.2, -0.15) is 0 Å². The van der Waals surface area contributed by atoms with E-state index in [1.807, 2.05) is 0 Å². The molecule has 1 aromatic carbocycles. The third kappa shape index (κ3) is 4.96. The third-order valence-electron chi connectivity index (χ3n) is 2.97. The predicted molar refractivity (Wildman–Crippen MR) is 80.0 cm³/mol. The van der Waals surface area contributed by atoms with Gasteiger partial charge in [-0.1, -0.05) is 0 Å². The molecule has 1 unspecified atom stereocenters. The van der Waals surface area contributed by atoms with Crippen molar-refractivity contribution in [1.29, 1.82) is 0 Å². The van der Waals surface area contributed by atoms with Gasteiger partial charge in [0, 0.05) is 19.1 Å². The summed E-state index contributed by atoms with van der Waals surface area (Å²) in [7, 11) is -3.45. The fourth-order valence-corrected chi connectivity index (χ4v) is 3.26. The van der Waals surface area contributed by atoms with E-state index in [0.29, 0.717) is 19.0 Å². The Balaban J connectivity index is 1.92. The van der Waals surface area contributed by atoms with Crippen molar-refractivity contribution in [1.82, 2.24) is 10.0 Å². The molecular formula is C14H22N2O4S. The molecule has 0 amide bonds. The van der Waals surface area contributed by atoms with Gasteiger partial charge in [-0.3, -0.25) is 0 Å². The number of nitrogens with one attached hydrogen (secondary N) is 2. The second-order valence-electron chi connectivity index (χ2n) is 5.26. The fourth-order valence-electron chi connectivity index (χ4n) is 2.01. The first-order chi connectivity index (χ1) is 9.97. The van der Waals surface area contributed by atoms with Crippen LogP contribution in [0.4, 0.5) is 0 Å². The van der Waals surface area contributed by atoms with Gasteiger partial charge >= 0.3 is 0 Å². The van der Waals surface area contributed by atoms with Crippen molar-refractivity contribution in [2.45, 2.75) is 30.9 Å². The van der Waals surface area contributed by atoms with E-state index >= 15 is 0 Å². The summed E-state index contributed by atoms with van der Waals surface area (Å²) < 4.78 is 37.6. The Bertz CT molecular complexity index is 537. The summed E-state index contributed by atoms with van der Waals surface area (Å²) in [4.78, 5) is 0.235. The number of sulfonamides is 1. The molecule has 21 heavy (non-hydrogen) atoms. The lowest BCUT2D eigenvalue weighted by atomic mass is 10.3. The average Bonchev–Trinajstić information content (AvgIpc) is 2.45. The van der Waals surface area contributed by atoms with Crippen molar-refractivity contribution >= 4 is 10.0 Å². The van der Waals surface area contributed by atoms with Crippen molar-refractivity contribution in [3.8, 4) is 5.75 Å². The quantitative estimate of drug-likeness (QED) is 0.810. The Hall–Kier alpha value is -1.15. The van der Waals surface area contributed by atoms with Gasteiger partial charge in [0.05, 0.1) is 11.5 Å². The topological polar surface area (TPSA) is 76.7 Å². The summed E-state index contributed by atoms with van der Waals surface area (Å²) >= 11 is 0. The van der Waals surface area contributed by atoms with E-state index in [0.717, 1.165) is 13.1 Å². The molecule has 1 aromatic rings. The van der Waals surface area contributed by atoms with E-state index in [2.05, 4.69) is 10.0 Å². The van der Waals surface area contributed by atoms with Gasteiger partial charge < -0.3 is 14.8 Å². The molecule has 0 bridgehead atoms. The molecule has 1 aliphatic rings. The van der Waals surface area contributed by atoms with Crippen LogP contribution in [0.2, 0.25) is 0 Å². The first-order valence-corrected chi connectivity index (χ1v) is 8.53. The molecule has 1 heterocycles. The first-order valence-electron chi connectivity index (χ1n) is 7.05. The highest BCUT2D eigenvalue weighted by atomic mass is 32.2.